The van der Waals surface area contributed by atoms with Crippen LogP contribution in [0.3, 0.4) is 0 Å². The fourth-order valence-electron chi connectivity index (χ4n) is 3.40. The Morgan fingerprint density at radius 3 is 2.32 bits per heavy atom. The van der Waals surface area contributed by atoms with Crippen LogP contribution in [0.25, 0.3) is 0 Å². The maximum atomic E-state index is 12.6. The molecule has 0 aromatic heterocycles. The number of hydrogen-bond donors (Lipinski definition) is 1. The first-order valence-corrected chi connectivity index (χ1v) is 11.3. The fourth-order valence-corrected chi connectivity index (χ4v) is 5.25. The fraction of sp³-hybridized carbons (Fsp3) is 0.409. The number of sulfone groups is 1. The predicted molar refractivity (Wildman–Crippen MR) is 110 cm³/mol. The van der Waals surface area contributed by atoms with Crippen molar-refractivity contribution < 1.29 is 17.9 Å². The number of rotatable bonds is 8. The van der Waals surface area contributed by atoms with Gasteiger partial charge in [-0.3, -0.25) is 4.79 Å². The Kier molecular flexibility index (Phi) is 6.73. The summed E-state index contributed by atoms with van der Waals surface area (Å²) in [6.45, 7) is 2.49. The van der Waals surface area contributed by atoms with E-state index in [4.69, 9.17) is 4.74 Å². The van der Waals surface area contributed by atoms with E-state index in [1.165, 1.54) is 5.56 Å². The topological polar surface area (TPSA) is 72.5 Å². The molecular formula is C22H27NO4S. The first-order valence-electron chi connectivity index (χ1n) is 9.78. The summed E-state index contributed by atoms with van der Waals surface area (Å²) in [5, 5.41) is 2.54. The number of benzene rings is 2. The average Bonchev–Trinajstić information content (AvgIpc) is 3.23. The van der Waals surface area contributed by atoms with Gasteiger partial charge in [0.25, 0.3) is 0 Å². The summed E-state index contributed by atoms with van der Waals surface area (Å²) in [6, 6.07) is 14.3. The van der Waals surface area contributed by atoms with Crippen molar-refractivity contribution in [1.82, 2.24) is 0 Å². The molecule has 0 bridgehead atoms. The van der Waals surface area contributed by atoms with Gasteiger partial charge in [0.15, 0.2) is 9.84 Å². The summed E-state index contributed by atoms with van der Waals surface area (Å²) in [5.74, 6) is 0.684. The zero-order chi connectivity index (χ0) is 20.0. The molecule has 1 saturated carbocycles. The van der Waals surface area contributed by atoms with E-state index >= 15 is 0 Å². The number of carbonyl (C=O) groups excluding carboxylic acids is 1. The zero-order valence-electron chi connectivity index (χ0n) is 16.2. The molecule has 3 rings (SSSR count). The van der Waals surface area contributed by atoms with Gasteiger partial charge in [-0.1, -0.05) is 30.5 Å². The zero-order valence-corrected chi connectivity index (χ0v) is 17.0. The standard InChI is InChI=1S/C22H27NO4S/c1-17-8-12-19(13-9-17)27-16-4-7-22(24)23-18-10-14-21(15-11-18)28(25,26)20-5-2-3-6-20/h8-15,20H,2-7,16H2,1H3,(H,23,24). The molecule has 0 atom stereocenters. The Morgan fingerprint density at radius 2 is 1.68 bits per heavy atom. The largest absolute Gasteiger partial charge is 0.494 e. The lowest BCUT2D eigenvalue weighted by molar-refractivity contribution is -0.116. The first-order chi connectivity index (χ1) is 13.4. The van der Waals surface area contributed by atoms with Gasteiger partial charge in [-0.05, 0) is 62.6 Å². The molecule has 2 aromatic rings. The number of anilines is 1. The monoisotopic (exact) mass is 401 g/mol. The Labute approximate surface area is 167 Å². The molecule has 0 heterocycles. The van der Waals surface area contributed by atoms with Crippen LogP contribution in [0.5, 0.6) is 5.75 Å². The minimum Gasteiger partial charge on any atom is -0.494 e. The highest BCUT2D eigenvalue weighted by atomic mass is 32.2. The van der Waals surface area contributed by atoms with Crippen LogP contribution in [-0.4, -0.2) is 26.2 Å². The van der Waals surface area contributed by atoms with Gasteiger partial charge in [-0.2, -0.15) is 0 Å². The van der Waals surface area contributed by atoms with Gasteiger partial charge in [0.05, 0.1) is 16.8 Å². The second kappa shape index (κ2) is 9.24. The van der Waals surface area contributed by atoms with Crippen molar-refractivity contribution in [3.63, 3.8) is 0 Å². The third-order valence-corrected chi connectivity index (χ3v) is 7.32. The van der Waals surface area contributed by atoms with Crippen LogP contribution in [0.1, 0.15) is 44.1 Å². The molecular weight excluding hydrogens is 374 g/mol. The van der Waals surface area contributed by atoms with E-state index in [9.17, 15) is 13.2 Å². The molecule has 0 radical (unpaired) electrons. The number of nitrogens with one attached hydrogen (secondary N) is 1. The van der Waals surface area contributed by atoms with Gasteiger partial charge < -0.3 is 10.1 Å². The van der Waals surface area contributed by atoms with Crippen LogP contribution < -0.4 is 10.1 Å². The van der Waals surface area contributed by atoms with Gasteiger partial charge in [0.2, 0.25) is 5.91 Å². The highest BCUT2D eigenvalue weighted by Gasteiger charge is 2.30. The molecule has 1 amide bonds. The van der Waals surface area contributed by atoms with E-state index in [0.29, 0.717) is 30.0 Å². The first kappa shape index (κ1) is 20.4. The summed E-state index contributed by atoms with van der Waals surface area (Å²) in [4.78, 5) is 12.4. The number of amides is 1. The number of hydrogen-bond acceptors (Lipinski definition) is 4. The van der Waals surface area contributed by atoms with Crippen LogP contribution in [0.4, 0.5) is 5.69 Å². The molecule has 28 heavy (non-hydrogen) atoms. The number of carbonyl (C=O) groups is 1. The van der Waals surface area contributed by atoms with Crippen molar-refractivity contribution in [2.75, 3.05) is 11.9 Å². The molecule has 150 valence electrons. The highest BCUT2D eigenvalue weighted by Crippen LogP contribution is 2.30. The molecule has 1 aliphatic rings. The van der Waals surface area contributed by atoms with E-state index in [-0.39, 0.29) is 11.2 Å². The minimum absolute atomic E-state index is 0.112. The van der Waals surface area contributed by atoms with E-state index < -0.39 is 9.84 Å². The third kappa shape index (κ3) is 5.35. The van der Waals surface area contributed by atoms with Gasteiger partial charge >= 0.3 is 0 Å². The quantitative estimate of drug-likeness (QED) is 0.661. The average molecular weight is 402 g/mol. The van der Waals surface area contributed by atoms with E-state index in [2.05, 4.69) is 5.32 Å². The second-order valence-corrected chi connectivity index (χ2v) is 9.52. The van der Waals surface area contributed by atoms with Gasteiger partial charge in [0.1, 0.15) is 5.75 Å². The SMILES string of the molecule is Cc1ccc(OCCCC(=O)Nc2ccc(S(=O)(=O)C3CCCC3)cc2)cc1. The van der Waals surface area contributed by atoms with Crippen molar-refractivity contribution in [2.45, 2.75) is 55.6 Å². The summed E-state index contributed by atoms with van der Waals surface area (Å²) >= 11 is 0. The third-order valence-electron chi connectivity index (χ3n) is 5.05. The molecule has 0 saturated heterocycles. The molecule has 0 aliphatic heterocycles. The molecule has 0 unspecified atom stereocenters. The Morgan fingerprint density at radius 1 is 1.04 bits per heavy atom. The summed E-state index contributed by atoms with van der Waals surface area (Å²) in [6.07, 6.45) is 4.39. The summed E-state index contributed by atoms with van der Waals surface area (Å²) < 4.78 is 30.8. The summed E-state index contributed by atoms with van der Waals surface area (Å²) in [5.41, 5.74) is 1.78. The maximum Gasteiger partial charge on any atom is 0.224 e. The number of ether oxygens (including phenoxy) is 1. The molecule has 1 aliphatic carbocycles. The lowest BCUT2D eigenvalue weighted by Crippen LogP contribution is -2.18. The highest BCUT2D eigenvalue weighted by molar-refractivity contribution is 7.92. The molecule has 0 spiro atoms. The molecule has 1 N–H and O–H groups in total. The van der Waals surface area contributed by atoms with Gasteiger partial charge in [0, 0.05) is 12.1 Å². The molecule has 1 fully saturated rings. The lowest BCUT2D eigenvalue weighted by Gasteiger charge is -2.12. The minimum atomic E-state index is -3.26. The van der Waals surface area contributed by atoms with E-state index in [1.807, 2.05) is 31.2 Å². The molecule has 2 aromatic carbocycles. The van der Waals surface area contributed by atoms with Crippen molar-refractivity contribution in [2.24, 2.45) is 0 Å². The van der Waals surface area contributed by atoms with Crippen LogP contribution in [-0.2, 0) is 14.6 Å². The van der Waals surface area contributed by atoms with Crippen molar-refractivity contribution in [1.29, 1.82) is 0 Å². The summed E-state index contributed by atoms with van der Waals surface area (Å²) in [7, 11) is -3.26. The molecule has 6 heteroatoms. The lowest BCUT2D eigenvalue weighted by atomic mass is 10.2. The van der Waals surface area contributed by atoms with Gasteiger partial charge in [-0.15, -0.1) is 0 Å². The van der Waals surface area contributed by atoms with Crippen molar-refractivity contribution in [3.05, 3.63) is 54.1 Å². The van der Waals surface area contributed by atoms with Crippen molar-refractivity contribution >= 4 is 21.4 Å². The van der Waals surface area contributed by atoms with E-state index in [0.717, 1.165) is 31.4 Å². The Balaban J connectivity index is 1.44. The van der Waals surface area contributed by atoms with E-state index in [1.54, 1.807) is 24.3 Å². The predicted octanol–water partition coefficient (Wildman–Crippen LogP) is 4.51. The number of aryl methyl sites for hydroxylation is 1. The molecule has 5 nitrogen and oxygen atoms in total. The Hall–Kier alpha value is -2.34. The second-order valence-electron chi connectivity index (χ2n) is 7.29. The maximum absolute atomic E-state index is 12.6. The van der Waals surface area contributed by atoms with Crippen molar-refractivity contribution in [3.8, 4) is 5.75 Å². The van der Waals surface area contributed by atoms with Crippen LogP contribution >= 0.6 is 0 Å². The van der Waals surface area contributed by atoms with Crippen LogP contribution in [0.2, 0.25) is 0 Å². The van der Waals surface area contributed by atoms with Crippen LogP contribution in [0.15, 0.2) is 53.4 Å². The Bertz CT molecular complexity index is 883. The van der Waals surface area contributed by atoms with Gasteiger partial charge in [-0.25, -0.2) is 8.42 Å². The van der Waals surface area contributed by atoms with Crippen LogP contribution in [0, 0.1) is 6.92 Å². The smallest absolute Gasteiger partial charge is 0.224 e. The normalized spacial score (nSPS) is 14.8.